The molecule has 1 unspecified atom stereocenters. The summed E-state index contributed by atoms with van der Waals surface area (Å²) in [7, 11) is 1.72. The molecular formula is C15H21ClO. The fraction of sp³-hybridized carbons (Fsp3) is 0.600. The van der Waals surface area contributed by atoms with Crippen molar-refractivity contribution in [2.45, 2.75) is 43.9 Å². The Kier molecular flexibility index (Phi) is 4.73. The molecule has 1 aliphatic carbocycles. The smallest absolute Gasteiger partial charge is 0.122 e. The molecule has 0 heterocycles. The topological polar surface area (TPSA) is 9.23 Å². The van der Waals surface area contributed by atoms with Crippen molar-refractivity contribution in [2.75, 3.05) is 7.11 Å². The van der Waals surface area contributed by atoms with Crippen molar-refractivity contribution < 1.29 is 4.74 Å². The lowest BCUT2D eigenvalue weighted by molar-refractivity contribution is 0.407. The lowest BCUT2D eigenvalue weighted by atomic mass is 9.97. The largest absolute Gasteiger partial charge is 0.496 e. The molecule has 0 amide bonds. The molecule has 2 heteroatoms. The molecule has 0 aromatic heterocycles. The minimum Gasteiger partial charge on any atom is -0.496 e. The maximum Gasteiger partial charge on any atom is 0.122 e. The molecule has 1 aliphatic rings. The number of ether oxygens (including phenoxy) is 1. The molecule has 1 fully saturated rings. The standard InChI is InChI=1S/C15H21ClO/c1-17-15-9-5-4-8-13(15)11-14(16)10-12-6-2-3-7-12/h4-5,8-9,12,14H,2-3,6-7,10-11H2,1H3. The van der Waals surface area contributed by atoms with Gasteiger partial charge in [0.1, 0.15) is 5.75 Å². The van der Waals surface area contributed by atoms with Crippen molar-refractivity contribution in [2.24, 2.45) is 5.92 Å². The minimum absolute atomic E-state index is 0.245. The molecule has 1 aromatic rings. The van der Waals surface area contributed by atoms with E-state index in [2.05, 4.69) is 12.1 Å². The highest BCUT2D eigenvalue weighted by Crippen LogP contribution is 2.31. The zero-order valence-corrected chi connectivity index (χ0v) is 11.2. The number of benzene rings is 1. The van der Waals surface area contributed by atoms with E-state index in [4.69, 9.17) is 16.3 Å². The van der Waals surface area contributed by atoms with Crippen LogP contribution in [0.1, 0.15) is 37.7 Å². The van der Waals surface area contributed by atoms with Crippen LogP contribution in [-0.4, -0.2) is 12.5 Å². The molecule has 2 rings (SSSR count). The monoisotopic (exact) mass is 252 g/mol. The third kappa shape index (κ3) is 3.64. The third-order valence-corrected chi connectivity index (χ3v) is 4.03. The van der Waals surface area contributed by atoms with Gasteiger partial charge in [0.2, 0.25) is 0 Å². The molecule has 0 N–H and O–H groups in total. The average Bonchev–Trinajstić information content (AvgIpc) is 2.82. The Morgan fingerprint density at radius 3 is 2.71 bits per heavy atom. The van der Waals surface area contributed by atoms with Crippen molar-refractivity contribution in [1.29, 1.82) is 0 Å². The molecule has 0 spiro atoms. The Morgan fingerprint density at radius 2 is 2.00 bits per heavy atom. The van der Waals surface area contributed by atoms with E-state index in [0.29, 0.717) is 0 Å². The molecule has 0 radical (unpaired) electrons. The number of rotatable bonds is 5. The van der Waals surface area contributed by atoms with Gasteiger partial charge in [0, 0.05) is 5.38 Å². The Morgan fingerprint density at radius 1 is 1.29 bits per heavy atom. The molecule has 0 aliphatic heterocycles. The first-order chi connectivity index (χ1) is 8.29. The van der Waals surface area contributed by atoms with Crippen LogP contribution >= 0.6 is 11.6 Å². The Labute approximate surface area is 109 Å². The van der Waals surface area contributed by atoms with Crippen LogP contribution < -0.4 is 4.74 Å². The molecule has 1 saturated carbocycles. The number of methoxy groups -OCH3 is 1. The number of hydrogen-bond acceptors (Lipinski definition) is 1. The molecule has 1 nitrogen and oxygen atoms in total. The quantitative estimate of drug-likeness (QED) is 0.705. The summed E-state index contributed by atoms with van der Waals surface area (Å²) in [4.78, 5) is 0. The predicted molar refractivity (Wildman–Crippen MR) is 72.9 cm³/mol. The summed E-state index contributed by atoms with van der Waals surface area (Å²) in [6, 6.07) is 8.18. The molecule has 1 atom stereocenters. The first kappa shape index (κ1) is 12.8. The van der Waals surface area contributed by atoms with Crippen LogP contribution in [0.3, 0.4) is 0 Å². The first-order valence-corrected chi connectivity index (χ1v) is 6.99. The molecule has 17 heavy (non-hydrogen) atoms. The summed E-state index contributed by atoms with van der Waals surface area (Å²) in [5.74, 6) is 1.82. The fourth-order valence-corrected chi connectivity index (χ4v) is 3.22. The second-order valence-electron chi connectivity index (χ2n) is 5.00. The summed E-state index contributed by atoms with van der Waals surface area (Å²) >= 11 is 6.47. The van der Waals surface area contributed by atoms with Gasteiger partial charge in [-0.05, 0) is 30.4 Å². The van der Waals surface area contributed by atoms with E-state index >= 15 is 0 Å². The van der Waals surface area contributed by atoms with Crippen LogP contribution in [0.2, 0.25) is 0 Å². The van der Waals surface area contributed by atoms with Gasteiger partial charge in [0.15, 0.2) is 0 Å². The van der Waals surface area contributed by atoms with Gasteiger partial charge in [0.25, 0.3) is 0 Å². The number of para-hydroxylation sites is 1. The molecule has 94 valence electrons. The zero-order chi connectivity index (χ0) is 12.1. The maximum atomic E-state index is 6.47. The summed E-state index contributed by atoms with van der Waals surface area (Å²) in [6.45, 7) is 0. The van der Waals surface area contributed by atoms with Crippen molar-refractivity contribution >= 4 is 11.6 Å². The van der Waals surface area contributed by atoms with E-state index in [1.807, 2.05) is 12.1 Å². The number of hydrogen-bond donors (Lipinski definition) is 0. The van der Waals surface area contributed by atoms with Gasteiger partial charge in [-0.15, -0.1) is 11.6 Å². The van der Waals surface area contributed by atoms with Crippen LogP contribution in [0.25, 0.3) is 0 Å². The van der Waals surface area contributed by atoms with Gasteiger partial charge in [-0.1, -0.05) is 43.9 Å². The van der Waals surface area contributed by atoms with Crippen molar-refractivity contribution in [3.8, 4) is 5.75 Å². The first-order valence-electron chi connectivity index (χ1n) is 6.55. The predicted octanol–water partition coefficient (Wildman–Crippen LogP) is 4.43. The van der Waals surface area contributed by atoms with Crippen LogP contribution in [0.15, 0.2) is 24.3 Å². The second kappa shape index (κ2) is 6.30. The summed E-state index contributed by atoms with van der Waals surface area (Å²) in [6.07, 6.45) is 7.60. The Balaban J connectivity index is 1.90. The Bertz CT molecular complexity index is 345. The van der Waals surface area contributed by atoms with Crippen LogP contribution in [0.5, 0.6) is 5.75 Å². The van der Waals surface area contributed by atoms with Crippen LogP contribution in [0, 0.1) is 5.92 Å². The second-order valence-corrected chi connectivity index (χ2v) is 5.62. The lowest BCUT2D eigenvalue weighted by Gasteiger charge is -2.16. The average molecular weight is 253 g/mol. The highest BCUT2D eigenvalue weighted by molar-refractivity contribution is 6.20. The normalized spacial score (nSPS) is 18.2. The van der Waals surface area contributed by atoms with Gasteiger partial charge in [-0.25, -0.2) is 0 Å². The maximum absolute atomic E-state index is 6.47. The van der Waals surface area contributed by atoms with E-state index in [1.54, 1.807) is 7.11 Å². The molecule has 0 bridgehead atoms. The molecule has 1 aromatic carbocycles. The Hall–Kier alpha value is -0.690. The minimum atomic E-state index is 0.245. The van der Waals surface area contributed by atoms with Gasteiger partial charge in [-0.3, -0.25) is 0 Å². The zero-order valence-electron chi connectivity index (χ0n) is 10.5. The number of alkyl halides is 1. The summed E-state index contributed by atoms with van der Waals surface area (Å²) in [5, 5.41) is 0.245. The lowest BCUT2D eigenvalue weighted by Crippen LogP contribution is -2.09. The van der Waals surface area contributed by atoms with E-state index in [9.17, 15) is 0 Å². The van der Waals surface area contributed by atoms with Crippen LogP contribution in [-0.2, 0) is 6.42 Å². The van der Waals surface area contributed by atoms with E-state index in [1.165, 1.54) is 31.2 Å². The van der Waals surface area contributed by atoms with Gasteiger partial charge in [-0.2, -0.15) is 0 Å². The van der Waals surface area contributed by atoms with Gasteiger partial charge >= 0.3 is 0 Å². The van der Waals surface area contributed by atoms with Gasteiger partial charge < -0.3 is 4.74 Å². The SMILES string of the molecule is COc1ccccc1CC(Cl)CC1CCCC1. The summed E-state index contributed by atoms with van der Waals surface area (Å²) < 4.78 is 5.36. The van der Waals surface area contributed by atoms with E-state index < -0.39 is 0 Å². The van der Waals surface area contributed by atoms with E-state index in [0.717, 1.165) is 24.5 Å². The molecular weight excluding hydrogens is 232 g/mol. The third-order valence-electron chi connectivity index (χ3n) is 3.70. The van der Waals surface area contributed by atoms with Gasteiger partial charge in [0.05, 0.1) is 7.11 Å². The van der Waals surface area contributed by atoms with E-state index in [-0.39, 0.29) is 5.38 Å². The fourth-order valence-electron chi connectivity index (χ4n) is 2.80. The van der Waals surface area contributed by atoms with Crippen LogP contribution in [0.4, 0.5) is 0 Å². The van der Waals surface area contributed by atoms with Crippen molar-refractivity contribution in [3.05, 3.63) is 29.8 Å². The van der Waals surface area contributed by atoms with Crippen molar-refractivity contribution in [3.63, 3.8) is 0 Å². The number of halogens is 1. The summed E-state index contributed by atoms with van der Waals surface area (Å²) in [5.41, 5.74) is 1.23. The van der Waals surface area contributed by atoms with Crippen molar-refractivity contribution in [1.82, 2.24) is 0 Å². The highest BCUT2D eigenvalue weighted by Gasteiger charge is 2.19. The highest BCUT2D eigenvalue weighted by atomic mass is 35.5. The molecule has 0 saturated heterocycles.